The summed E-state index contributed by atoms with van der Waals surface area (Å²) in [6.07, 6.45) is 1.98. The number of aromatic amines is 1. The lowest BCUT2D eigenvalue weighted by Gasteiger charge is -2.14. The van der Waals surface area contributed by atoms with Crippen LogP contribution in [0, 0.1) is 0 Å². The first-order chi connectivity index (χ1) is 10.8. The summed E-state index contributed by atoms with van der Waals surface area (Å²) in [7, 11) is -3.01. The number of nitrogens with one attached hydrogen (secondary N) is 2. The van der Waals surface area contributed by atoms with Gasteiger partial charge in [-0.3, -0.25) is 4.79 Å². The van der Waals surface area contributed by atoms with Gasteiger partial charge in [-0.25, -0.2) is 18.4 Å². The molecule has 1 fully saturated rings. The standard InChI is InChI=1S/C13H15ClN4O3S2/c1-7(12(19)16-9-2-3-23(20,21)6-9)22-13-17-10-4-8(14)5-15-11(10)18-13/h4-5,7,9H,2-3,6H2,1H3,(H,16,19)(H,15,17,18)/t7-,9-/m0/s1. The summed E-state index contributed by atoms with van der Waals surface area (Å²) in [5.74, 6) is -0.0536. The number of fused-ring (bicyclic) bond motifs is 1. The molecule has 0 aromatic carbocycles. The molecule has 2 atom stereocenters. The third-order valence-corrected chi connectivity index (χ3v) is 6.48. The maximum Gasteiger partial charge on any atom is 0.233 e. The molecule has 1 saturated heterocycles. The van der Waals surface area contributed by atoms with Crippen molar-refractivity contribution in [2.24, 2.45) is 0 Å². The number of thioether (sulfide) groups is 1. The first kappa shape index (κ1) is 16.5. The lowest BCUT2D eigenvalue weighted by Crippen LogP contribution is -2.39. The maximum absolute atomic E-state index is 12.2. The molecule has 2 N–H and O–H groups in total. The third kappa shape index (κ3) is 3.96. The number of carbonyl (C=O) groups excluding carboxylic acids is 1. The average molecular weight is 375 g/mol. The van der Waals surface area contributed by atoms with Gasteiger partial charge in [0.25, 0.3) is 0 Å². The van der Waals surface area contributed by atoms with Crippen molar-refractivity contribution in [3.05, 3.63) is 17.3 Å². The topological polar surface area (TPSA) is 105 Å². The first-order valence-corrected chi connectivity index (χ1v) is 10.1. The van der Waals surface area contributed by atoms with Crippen LogP contribution in [0.5, 0.6) is 0 Å². The SMILES string of the molecule is C[C@H](Sc1nc2ncc(Cl)cc2[nH]1)C(=O)N[C@H]1CCS(=O)(=O)C1. The zero-order valence-electron chi connectivity index (χ0n) is 12.2. The van der Waals surface area contributed by atoms with Crippen LogP contribution in [0.15, 0.2) is 17.4 Å². The molecule has 10 heteroatoms. The number of hydrogen-bond donors (Lipinski definition) is 2. The quantitative estimate of drug-likeness (QED) is 0.783. The number of pyridine rings is 1. The number of H-pyrrole nitrogens is 1. The van der Waals surface area contributed by atoms with E-state index in [2.05, 4.69) is 20.3 Å². The Hall–Kier alpha value is -1.32. The number of sulfone groups is 1. The zero-order valence-corrected chi connectivity index (χ0v) is 14.6. The Labute approximate surface area is 142 Å². The third-order valence-electron chi connectivity index (χ3n) is 3.52. The molecule has 124 valence electrons. The van der Waals surface area contributed by atoms with E-state index in [1.54, 1.807) is 13.0 Å². The molecule has 1 aliphatic heterocycles. The highest BCUT2D eigenvalue weighted by molar-refractivity contribution is 8.00. The number of halogens is 1. The van der Waals surface area contributed by atoms with Crippen LogP contribution in [0.3, 0.4) is 0 Å². The van der Waals surface area contributed by atoms with Gasteiger partial charge in [-0.15, -0.1) is 0 Å². The number of amides is 1. The molecule has 3 heterocycles. The number of nitrogens with zero attached hydrogens (tertiary/aromatic N) is 2. The highest BCUT2D eigenvalue weighted by atomic mass is 35.5. The van der Waals surface area contributed by atoms with Gasteiger partial charge in [-0.2, -0.15) is 0 Å². The number of carbonyl (C=O) groups is 1. The molecule has 1 aliphatic rings. The Morgan fingerprint density at radius 1 is 1.57 bits per heavy atom. The molecule has 2 aromatic heterocycles. The summed E-state index contributed by atoms with van der Waals surface area (Å²) in [5.41, 5.74) is 1.24. The number of rotatable bonds is 4. The van der Waals surface area contributed by atoms with Gasteiger partial charge in [0.1, 0.15) is 0 Å². The molecule has 0 aliphatic carbocycles. The van der Waals surface area contributed by atoms with Crippen molar-refractivity contribution >= 4 is 50.3 Å². The molecular weight excluding hydrogens is 360 g/mol. The Bertz CT molecular complexity index is 852. The van der Waals surface area contributed by atoms with Crippen LogP contribution >= 0.6 is 23.4 Å². The predicted molar refractivity (Wildman–Crippen MR) is 89.4 cm³/mol. The maximum atomic E-state index is 12.2. The van der Waals surface area contributed by atoms with Gasteiger partial charge in [-0.1, -0.05) is 23.4 Å². The smallest absolute Gasteiger partial charge is 0.233 e. The molecule has 0 saturated carbocycles. The van der Waals surface area contributed by atoms with Crippen LogP contribution in [0.1, 0.15) is 13.3 Å². The van der Waals surface area contributed by atoms with Crippen molar-refractivity contribution in [2.75, 3.05) is 11.5 Å². The van der Waals surface area contributed by atoms with E-state index >= 15 is 0 Å². The van der Waals surface area contributed by atoms with Crippen LogP contribution in [-0.4, -0.2) is 52.1 Å². The zero-order chi connectivity index (χ0) is 16.6. The summed E-state index contributed by atoms with van der Waals surface area (Å²) < 4.78 is 22.8. The highest BCUT2D eigenvalue weighted by Crippen LogP contribution is 2.24. The van der Waals surface area contributed by atoms with Crippen molar-refractivity contribution in [3.63, 3.8) is 0 Å². The highest BCUT2D eigenvalue weighted by Gasteiger charge is 2.30. The van der Waals surface area contributed by atoms with Crippen molar-refractivity contribution in [1.82, 2.24) is 20.3 Å². The fourth-order valence-corrected chi connectivity index (χ4v) is 5.01. The van der Waals surface area contributed by atoms with Crippen molar-refractivity contribution < 1.29 is 13.2 Å². The van der Waals surface area contributed by atoms with Crippen molar-refractivity contribution in [1.29, 1.82) is 0 Å². The molecule has 0 radical (unpaired) electrons. The van der Waals surface area contributed by atoms with E-state index in [9.17, 15) is 13.2 Å². The van der Waals surface area contributed by atoms with Crippen LogP contribution in [0.2, 0.25) is 5.02 Å². The summed E-state index contributed by atoms with van der Waals surface area (Å²) in [6, 6.07) is 1.42. The number of imidazole rings is 1. The van der Waals surface area contributed by atoms with Crippen LogP contribution in [0.25, 0.3) is 11.2 Å². The van der Waals surface area contributed by atoms with Gasteiger partial charge in [0, 0.05) is 12.2 Å². The van der Waals surface area contributed by atoms with E-state index < -0.39 is 15.1 Å². The van der Waals surface area contributed by atoms with E-state index in [1.807, 2.05) is 0 Å². The Kier molecular flexibility index (Phi) is 4.52. The van der Waals surface area contributed by atoms with Crippen LogP contribution < -0.4 is 5.32 Å². The molecular formula is C13H15ClN4O3S2. The van der Waals surface area contributed by atoms with Gasteiger partial charge in [-0.05, 0) is 19.4 Å². The predicted octanol–water partition coefficient (Wildman–Crippen LogP) is 1.40. The number of aromatic nitrogens is 3. The Morgan fingerprint density at radius 3 is 3.04 bits per heavy atom. The molecule has 0 spiro atoms. The molecule has 2 aromatic rings. The van der Waals surface area contributed by atoms with E-state index in [0.717, 1.165) is 0 Å². The molecule has 7 nitrogen and oxygen atoms in total. The molecule has 0 unspecified atom stereocenters. The molecule has 3 rings (SSSR count). The van der Waals surface area contributed by atoms with E-state index in [4.69, 9.17) is 11.6 Å². The minimum Gasteiger partial charge on any atom is -0.351 e. The minimum absolute atomic E-state index is 0.0170. The second-order valence-electron chi connectivity index (χ2n) is 5.44. The summed E-state index contributed by atoms with van der Waals surface area (Å²) in [5, 5.41) is 3.44. The average Bonchev–Trinajstić information content (AvgIpc) is 3.00. The van der Waals surface area contributed by atoms with E-state index in [-0.39, 0.29) is 23.5 Å². The first-order valence-electron chi connectivity index (χ1n) is 7.01. The normalized spacial score (nSPS) is 21.4. The second kappa shape index (κ2) is 6.29. The lowest BCUT2D eigenvalue weighted by molar-refractivity contribution is -0.120. The lowest BCUT2D eigenvalue weighted by atomic mass is 10.2. The Balaban J connectivity index is 1.63. The molecule has 0 bridgehead atoms. The van der Waals surface area contributed by atoms with Crippen LogP contribution in [0.4, 0.5) is 0 Å². The van der Waals surface area contributed by atoms with Gasteiger partial charge in [0.05, 0.1) is 27.3 Å². The fraction of sp³-hybridized carbons (Fsp3) is 0.462. The largest absolute Gasteiger partial charge is 0.351 e. The van der Waals surface area contributed by atoms with Crippen molar-refractivity contribution in [2.45, 2.75) is 29.8 Å². The van der Waals surface area contributed by atoms with E-state index in [1.165, 1.54) is 18.0 Å². The second-order valence-corrected chi connectivity index (χ2v) is 9.43. The fourth-order valence-electron chi connectivity index (χ4n) is 2.36. The summed E-state index contributed by atoms with van der Waals surface area (Å²) in [4.78, 5) is 23.6. The van der Waals surface area contributed by atoms with Crippen molar-refractivity contribution in [3.8, 4) is 0 Å². The van der Waals surface area contributed by atoms with Gasteiger partial charge >= 0.3 is 0 Å². The van der Waals surface area contributed by atoms with Gasteiger partial charge in [0.2, 0.25) is 5.91 Å². The van der Waals surface area contributed by atoms with E-state index in [0.29, 0.717) is 27.8 Å². The van der Waals surface area contributed by atoms with Gasteiger partial charge in [0.15, 0.2) is 20.6 Å². The molecule has 23 heavy (non-hydrogen) atoms. The van der Waals surface area contributed by atoms with Gasteiger partial charge < -0.3 is 10.3 Å². The summed E-state index contributed by atoms with van der Waals surface area (Å²) >= 11 is 7.13. The Morgan fingerprint density at radius 2 is 2.35 bits per heavy atom. The number of hydrogen-bond acceptors (Lipinski definition) is 6. The van der Waals surface area contributed by atoms with Crippen LogP contribution in [-0.2, 0) is 14.6 Å². The molecule has 1 amide bonds. The monoisotopic (exact) mass is 374 g/mol. The minimum atomic E-state index is -3.01. The summed E-state index contributed by atoms with van der Waals surface area (Å²) in [6.45, 7) is 1.75.